The van der Waals surface area contributed by atoms with Gasteiger partial charge in [-0.05, 0) is 32.3 Å². The Labute approximate surface area is 164 Å². The average molecular weight is 379 g/mol. The fraction of sp³-hybridized carbons (Fsp3) is 0.429. The number of hydrogen-bond donors (Lipinski definition) is 1. The number of aromatic nitrogens is 3. The lowest BCUT2D eigenvalue weighted by molar-refractivity contribution is -0.121. The Morgan fingerprint density at radius 1 is 1.21 bits per heavy atom. The number of fused-ring (bicyclic) bond motifs is 1. The number of nitrogens with one attached hydrogen (secondary N) is 1. The molecule has 3 aromatic rings. The quantitative estimate of drug-likeness (QED) is 0.708. The van der Waals surface area contributed by atoms with Crippen LogP contribution in [0.15, 0.2) is 28.8 Å². The van der Waals surface area contributed by atoms with Crippen molar-refractivity contribution in [3.05, 3.63) is 46.9 Å². The second kappa shape index (κ2) is 7.96. The summed E-state index contributed by atoms with van der Waals surface area (Å²) in [4.78, 5) is 23.8. The van der Waals surface area contributed by atoms with Gasteiger partial charge >= 0.3 is 0 Å². The van der Waals surface area contributed by atoms with Crippen LogP contribution in [0.4, 0.5) is 5.82 Å². The zero-order valence-electron chi connectivity index (χ0n) is 16.4. The van der Waals surface area contributed by atoms with Crippen LogP contribution >= 0.6 is 0 Å². The lowest BCUT2D eigenvalue weighted by Crippen LogP contribution is -2.24. The molecule has 3 heterocycles. The molecule has 0 atom stereocenters. The van der Waals surface area contributed by atoms with Gasteiger partial charge in [-0.1, -0.05) is 35.0 Å². The number of rotatable bonds is 6. The summed E-state index contributed by atoms with van der Waals surface area (Å²) < 4.78 is 5.38. The molecule has 1 aromatic carbocycles. The van der Waals surface area contributed by atoms with E-state index < -0.39 is 0 Å². The number of amides is 1. The summed E-state index contributed by atoms with van der Waals surface area (Å²) in [5.41, 5.74) is 3.59. The Morgan fingerprint density at radius 2 is 2.04 bits per heavy atom. The van der Waals surface area contributed by atoms with Crippen LogP contribution in [0.5, 0.6) is 0 Å². The van der Waals surface area contributed by atoms with Crippen molar-refractivity contribution in [3.8, 4) is 0 Å². The van der Waals surface area contributed by atoms with Gasteiger partial charge in [-0.2, -0.15) is 4.98 Å². The molecule has 0 unspecified atom stereocenters. The van der Waals surface area contributed by atoms with Crippen molar-refractivity contribution >= 4 is 22.8 Å². The van der Waals surface area contributed by atoms with Gasteiger partial charge in [0.25, 0.3) is 5.71 Å². The first kappa shape index (κ1) is 18.4. The number of hydrogen-bond acceptors (Lipinski definition) is 6. The van der Waals surface area contributed by atoms with Gasteiger partial charge in [0.05, 0.1) is 5.69 Å². The van der Waals surface area contributed by atoms with Gasteiger partial charge in [0, 0.05) is 32.5 Å². The van der Waals surface area contributed by atoms with Crippen LogP contribution in [0.25, 0.3) is 11.1 Å². The summed E-state index contributed by atoms with van der Waals surface area (Å²) in [6.07, 6.45) is 3.12. The van der Waals surface area contributed by atoms with Crippen molar-refractivity contribution in [2.75, 3.05) is 18.0 Å². The molecular weight excluding hydrogens is 354 g/mol. The van der Waals surface area contributed by atoms with Crippen LogP contribution in [0, 0.1) is 13.8 Å². The highest BCUT2D eigenvalue weighted by atomic mass is 16.5. The third-order valence-corrected chi connectivity index (χ3v) is 5.09. The number of nitrogens with zero attached hydrogens (tertiary/aromatic N) is 4. The molecule has 0 radical (unpaired) electrons. The van der Waals surface area contributed by atoms with E-state index in [0.29, 0.717) is 30.9 Å². The molecule has 0 saturated carbocycles. The Hall–Kier alpha value is -2.96. The highest BCUT2D eigenvalue weighted by molar-refractivity contribution is 5.88. The molecule has 146 valence electrons. The SMILES string of the molecule is Cc1cccc(CNC(=O)CCc2nc(N3CCCC3)c3c(C)noc3n2)c1. The highest BCUT2D eigenvalue weighted by Gasteiger charge is 2.22. The number of anilines is 1. The molecule has 1 N–H and O–H groups in total. The average Bonchev–Trinajstić information content (AvgIpc) is 3.35. The Balaban J connectivity index is 1.43. The smallest absolute Gasteiger partial charge is 0.263 e. The summed E-state index contributed by atoms with van der Waals surface area (Å²) in [7, 11) is 0. The fourth-order valence-electron chi connectivity index (χ4n) is 3.62. The fourth-order valence-corrected chi connectivity index (χ4v) is 3.62. The van der Waals surface area contributed by atoms with E-state index in [0.717, 1.165) is 48.4 Å². The van der Waals surface area contributed by atoms with Crippen LogP contribution in [-0.2, 0) is 17.8 Å². The second-order valence-corrected chi connectivity index (χ2v) is 7.37. The van der Waals surface area contributed by atoms with Gasteiger partial charge in [-0.15, -0.1) is 0 Å². The topological polar surface area (TPSA) is 84.2 Å². The van der Waals surface area contributed by atoms with Gasteiger partial charge in [0.2, 0.25) is 5.91 Å². The number of benzene rings is 1. The number of aryl methyl sites for hydroxylation is 3. The molecule has 1 aliphatic heterocycles. The molecule has 28 heavy (non-hydrogen) atoms. The number of carbonyl (C=O) groups excluding carboxylic acids is 1. The third kappa shape index (κ3) is 3.98. The maximum Gasteiger partial charge on any atom is 0.263 e. The van der Waals surface area contributed by atoms with Gasteiger partial charge in [0.15, 0.2) is 0 Å². The molecule has 2 aromatic heterocycles. The zero-order valence-corrected chi connectivity index (χ0v) is 16.4. The van der Waals surface area contributed by atoms with E-state index in [9.17, 15) is 4.79 Å². The molecule has 1 amide bonds. The lowest BCUT2D eigenvalue weighted by atomic mass is 10.1. The first-order valence-corrected chi connectivity index (χ1v) is 9.80. The maximum atomic E-state index is 12.3. The normalized spacial score (nSPS) is 14.0. The Bertz CT molecular complexity index is 992. The minimum atomic E-state index is -0.0123. The standard InChI is InChI=1S/C21H25N5O2/c1-14-6-5-7-16(12-14)13-22-18(27)9-8-17-23-20(26-10-3-4-11-26)19-15(2)25-28-21(19)24-17/h5-7,12H,3-4,8-11,13H2,1-2H3,(H,22,27). The number of carbonyl (C=O) groups is 1. The van der Waals surface area contributed by atoms with Crippen molar-refractivity contribution in [1.82, 2.24) is 20.4 Å². The first-order chi connectivity index (χ1) is 13.6. The predicted octanol–water partition coefficient (Wildman–Crippen LogP) is 3.08. The summed E-state index contributed by atoms with van der Waals surface area (Å²) >= 11 is 0. The maximum absolute atomic E-state index is 12.3. The van der Waals surface area contributed by atoms with Crippen LogP contribution in [0.3, 0.4) is 0 Å². The zero-order chi connectivity index (χ0) is 19.5. The van der Waals surface area contributed by atoms with E-state index in [1.54, 1.807) is 0 Å². The van der Waals surface area contributed by atoms with Gasteiger partial charge < -0.3 is 14.7 Å². The van der Waals surface area contributed by atoms with Gasteiger partial charge in [-0.3, -0.25) is 4.79 Å². The van der Waals surface area contributed by atoms with Crippen molar-refractivity contribution in [2.45, 2.75) is 46.1 Å². The molecule has 1 fully saturated rings. The van der Waals surface area contributed by atoms with Crippen LogP contribution in [-0.4, -0.2) is 34.1 Å². The predicted molar refractivity (Wildman–Crippen MR) is 107 cm³/mol. The van der Waals surface area contributed by atoms with E-state index in [-0.39, 0.29) is 5.91 Å². The molecule has 0 spiro atoms. The van der Waals surface area contributed by atoms with Crippen molar-refractivity contribution in [2.24, 2.45) is 0 Å². The molecule has 0 bridgehead atoms. The van der Waals surface area contributed by atoms with Crippen LogP contribution < -0.4 is 10.2 Å². The lowest BCUT2D eigenvalue weighted by Gasteiger charge is -2.17. The molecule has 1 aliphatic rings. The van der Waals surface area contributed by atoms with E-state index >= 15 is 0 Å². The molecule has 0 aliphatic carbocycles. The van der Waals surface area contributed by atoms with Crippen molar-refractivity contribution < 1.29 is 9.32 Å². The molecule has 1 saturated heterocycles. The molecular formula is C21H25N5O2. The summed E-state index contributed by atoms with van der Waals surface area (Å²) in [6.45, 7) is 6.44. The monoisotopic (exact) mass is 379 g/mol. The molecule has 7 heteroatoms. The minimum Gasteiger partial charge on any atom is -0.356 e. The van der Waals surface area contributed by atoms with Gasteiger partial charge in [0.1, 0.15) is 17.0 Å². The van der Waals surface area contributed by atoms with E-state index in [2.05, 4.69) is 26.4 Å². The van der Waals surface area contributed by atoms with Crippen molar-refractivity contribution in [1.29, 1.82) is 0 Å². The summed E-state index contributed by atoms with van der Waals surface area (Å²) in [5.74, 6) is 1.49. The van der Waals surface area contributed by atoms with E-state index in [1.165, 1.54) is 5.56 Å². The highest BCUT2D eigenvalue weighted by Crippen LogP contribution is 2.29. The third-order valence-electron chi connectivity index (χ3n) is 5.09. The van der Waals surface area contributed by atoms with E-state index in [1.807, 2.05) is 32.0 Å². The van der Waals surface area contributed by atoms with Crippen LogP contribution in [0.1, 0.15) is 41.9 Å². The van der Waals surface area contributed by atoms with E-state index in [4.69, 9.17) is 9.51 Å². The Kier molecular flexibility index (Phi) is 5.23. The largest absolute Gasteiger partial charge is 0.356 e. The van der Waals surface area contributed by atoms with Crippen LogP contribution in [0.2, 0.25) is 0 Å². The van der Waals surface area contributed by atoms with Crippen molar-refractivity contribution in [3.63, 3.8) is 0 Å². The second-order valence-electron chi connectivity index (χ2n) is 7.37. The molecule has 4 rings (SSSR count). The first-order valence-electron chi connectivity index (χ1n) is 9.80. The minimum absolute atomic E-state index is 0.0123. The Morgan fingerprint density at radius 3 is 2.82 bits per heavy atom. The molecule has 7 nitrogen and oxygen atoms in total. The van der Waals surface area contributed by atoms with Gasteiger partial charge in [-0.25, -0.2) is 4.98 Å². The summed E-state index contributed by atoms with van der Waals surface area (Å²) in [6, 6.07) is 8.13. The summed E-state index contributed by atoms with van der Waals surface area (Å²) in [5, 5.41) is 7.90.